The Morgan fingerprint density at radius 1 is 1.27 bits per heavy atom. The van der Waals surface area contributed by atoms with Gasteiger partial charge in [-0.2, -0.15) is 4.98 Å². The maximum atomic E-state index is 14.3. The fourth-order valence-corrected chi connectivity index (χ4v) is 3.61. The molecule has 0 aliphatic carbocycles. The van der Waals surface area contributed by atoms with Crippen molar-refractivity contribution in [1.82, 2.24) is 24.9 Å². The number of aromatic nitrogens is 5. The average Bonchev–Trinajstić information content (AvgIpc) is 3.30. The van der Waals surface area contributed by atoms with Crippen LogP contribution in [0.25, 0.3) is 11.4 Å². The molecular formula is C21H25FN6O2. The largest absolute Gasteiger partial charge is 0.339 e. The first kappa shape index (κ1) is 20.2. The van der Waals surface area contributed by atoms with Crippen molar-refractivity contribution in [1.29, 1.82) is 0 Å². The Morgan fingerprint density at radius 2 is 2.17 bits per heavy atom. The third-order valence-electron chi connectivity index (χ3n) is 5.23. The molecule has 2 aromatic heterocycles. The van der Waals surface area contributed by atoms with E-state index in [2.05, 4.69) is 30.2 Å². The van der Waals surface area contributed by atoms with Gasteiger partial charge in [0, 0.05) is 37.8 Å². The molecule has 1 N–H and O–H groups in total. The zero-order valence-electron chi connectivity index (χ0n) is 17.0. The lowest BCUT2D eigenvalue weighted by molar-refractivity contribution is -0.116. The molecule has 0 atom stereocenters. The molecule has 158 valence electrons. The molecule has 1 aromatic carbocycles. The van der Waals surface area contributed by atoms with E-state index >= 15 is 0 Å². The quantitative estimate of drug-likeness (QED) is 0.635. The van der Waals surface area contributed by atoms with E-state index in [-0.39, 0.29) is 18.0 Å². The van der Waals surface area contributed by atoms with Crippen LogP contribution in [-0.4, -0.2) is 30.8 Å². The van der Waals surface area contributed by atoms with E-state index in [4.69, 9.17) is 4.52 Å². The molecule has 3 heterocycles. The van der Waals surface area contributed by atoms with Gasteiger partial charge in [0.1, 0.15) is 11.6 Å². The van der Waals surface area contributed by atoms with Crippen molar-refractivity contribution in [2.45, 2.75) is 64.8 Å². The lowest BCUT2D eigenvalue weighted by Crippen LogP contribution is -2.13. The summed E-state index contributed by atoms with van der Waals surface area (Å²) in [6.45, 7) is 2.80. The van der Waals surface area contributed by atoms with Crippen molar-refractivity contribution in [3.05, 3.63) is 41.6 Å². The van der Waals surface area contributed by atoms with Crippen molar-refractivity contribution >= 4 is 11.6 Å². The number of aryl methyl sites for hydroxylation is 3. The lowest BCUT2D eigenvalue weighted by atomic mass is 10.1. The third-order valence-corrected chi connectivity index (χ3v) is 5.23. The maximum Gasteiger partial charge on any atom is 0.226 e. The SMILES string of the molecule is CCc1noc(CCCC(=O)Nc2cc(-c3nnc4n3CCCCC4)ccc2F)n1. The standard InChI is InChI=1S/C21H25FN6O2/c1-2-17-24-20(30-27-17)9-6-8-19(29)23-16-13-14(10-11-15(16)22)21-26-25-18-7-4-3-5-12-28(18)21/h10-11,13H,2-9,12H2,1H3,(H,23,29). The van der Waals surface area contributed by atoms with Crippen LogP contribution >= 0.6 is 0 Å². The molecular weight excluding hydrogens is 387 g/mol. The van der Waals surface area contributed by atoms with Crippen LogP contribution in [0.1, 0.15) is 56.6 Å². The topological polar surface area (TPSA) is 98.7 Å². The summed E-state index contributed by atoms with van der Waals surface area (Å²) in [6.07, 6.45) is 6.22. The van der Waals surface area contributed by atoms with Crippen LogP contribution in [0.15, 0.2) is 22.7 Å². The van der Waals surface area contributed by atoms with Crippen LogP contribution in [0.2, 0.25) is 0 Å². The Kier molecular flexibility index (Phi) is 6.15. The van der Waals surface area contributed by atoms with E-state index in [9.17, 15) is 9.18 Å². The number of halogens is 1. The van der Waals surface area contributed by atoms with Gasteiger partial charge in [0.2, 0.25) is 11.8 Å². The summed E-state index contributed by atoms with van der Waals surface area (Å²) in [4.78, 5) is 16.5. The Labute approximate surface area is 173 Å². The summed E-state index contributed by atoms with van der Waals surface area (Å²) in [7, 11) is 0. The second kappa shape index (κ2) is 9.15. The molecule has 8 nitrogen and oxygen atoms in total. The molecule has 30 heavy (non-hydrogen) atoms. The minimum absolute atomic E-state index is 0.148. The first-order valence-corrected chi connectivity index (χ1v) is 10.5. The van der Waals surface area contributed by atoms with E-state index < -0.39 is 5.82 Å². The minimum Gasteiger partial charge on any atom is -0.339 e. The van der Waals surface area contributed by atoms with E-state index in [1.165, 1.54) is 6.07 Å². The summed E-state index contributed by atoms with van der Waals surface area (Å²) in [5.41, 5.74) is 0.889. The number of fused-ring (bicyclic) bond motifs is 1. The van der Waals surface area contributed by atoms with Crippen molar-refractivity contribution in [3.63, 3.8) is 0 Å². The highest BCUT2D eigenvalue weighted by Crippen LogP contribution is 2.26. The fourth-order valence-electron chi connectivity index (χ4n) is 3.61. The number of rotatable bonds is 7. The van der Waals surface area contributed by atoms with Crippen molar-refractivity contribution < 1.29 is 13.7 Å². The van der Waals surface area contributed by atoms with Gasteiger partial charge in [0.25, 0.3) is 0 Å². The fraction of sp³-hybridized carbons (Fsp3) is 0.476. The predicted octanol–water partition coefficient (Wildman–Crippen LogP) is 3.72. The predicted molar refractivity (Wildman–Crippen MR) is 108 cm³/mol. The molecule has 0 radical (unpaired) electrons. The van der Waals surface area contributed by atoms with Crippen molar-refractivity contribution in [2.24, 2.45) is 0 Å². The van der Waals surface area contributed by atoms with E-state index in [0.29, 0.717) is 36.8 Å². The number of nitrogens with zero attached hydrogens (tertiary/aromatic N) is 5. The smallest absolute Gasteiger partial charge is 0.226 e. The molecule has 9 heteroatoms. The van der Waals surface area contributed by atoms with E-state index in [0.717, 1.165) is 43.6 Å². The number of hydrogen-bond donors (Lipinski definition) is 1. The zero-order valence-corrected chi connectivity index (χ0v) is 17.0. The van der Waals surface area contributed by atoms with Crippen LogP contribution in [-0.2, 0) is 30.6 Å². The highest BCUT2D eigenvalue weighted by Gasteiger charge is 2.18. The number of amides is 1. The van der Waals surface area contributed by atoms with Gasteiger partial charge in [-0.15, -0.1) is 10.2 Å². The van der Waals surface area contributed by atoms with Gasteiger partial charge < -0.3 is 14.4 Å². The van der Waals surface area contributed by atoms with E-state index in [1.807, 2.05) is 6.92 Å². The Morgan fingerprint density at radius 3 is 3.00 bits per heavy atom. The second-order valence-electron chi connectivity index (χ2n) is 7.46. The van der Waals surface area contributed by atoms with Gasteiger partial charge in [-0.3, -0.25) is 4.79 Å². The first-order valence-electron chi connectivity index (χ1n) is 10.5. The monoisotopic (exact) mass is 412 g/mol. The molecule has 0 saturated heterocycles. The third kappa shape index (κ3) is 4.55. The van der Waals surface area contributed by atoms with Crippen LogP contribution in [0.5, 0.6) is 0 Å². The molecule has 1 amide bonds. The summed E-state index contributed by atoms with van der Waals surface area (Å²) >= 11 is 0. The van der Waals surface area contributed by atoms with Gasteiger partial charge in [-0.1, -0.05) is 18.5 Å². The molecule has 1 aliphatic rings. The molecule has 0 spiro atoms. The minimum atomic E-state index is -0.479. The number of carbonyl (C=O) groups excluding carboxylic acids is 1. The Hall–Kier alpha value is -3.10. The molecule has 3 aromatic rings. The number of carbonyl (C=O) groups is 1. The Bertz CT molecular complexity index is 1030. The van der Waals surface area contributed by atoms with Gasteiger partial charge in [0.15, 0.2) is 11.6 Å². The average molecular weight is 412 g/mol. The second-order valence-corrected chi connectivity index (χ2v) is 7.46. The highest BCUT2D eigenvalue weighted by molar-refractivity contribution is 5.91. The van der Waals surface area contributed by atoms with Gasteiger partial charge in [-0.25, -0.2) is 4.39 Å². The number of anilines is 1. The first-order chi connectivity index (χ1) is 14.6. The maximum absolute atomic E-state index is 14.3. The van der Waals surface area contributed by atoms with Gasteiger partial charge >= 0.3 is 0 Å². The zero-order chi connectivity index (χ0) is 20.9. The molecule has 0 bridgehead atoms. The van der Waals surface area contributed by atoms with Crippen LogP contribution in [0, 0.1) is 5.82 Å². The molecule has 0 unspecified atom stereocenters. The molecule has 1 aliphatic heterocycles. The molecule has 4 rings (SSSR count). The summed E-state index contributed by atoms with van der Waals surface area (Å²) in [5, 5.41) is 15.1. The lowest BCUT2D eigenvalue weighted by Gasteiger charge is -2.10. The Balaban J connectivity index is 1.41. The normalized spacial score (nSPS) is 13.7. The summed E-state index contributed by atoms with van der Waals surface area (Å²) in [5.74, 6) is 2.10. The number of benzene rings is 1. The number of nitrogens with one attached hydrogen (secondary N) is 1. The van der Waals surface area contributed by atoms with E-state index in [1.54, 1.807) is 12.1 Å². The molecule has 0 fully saturated rings. The summed E-state index contributed by atoms with van der Waals surface area (Å²) < 4.78 is 21.5. The van der Waals surface area contributed by atoms with Crippen molar-refractivity contribution in [2.75, 3.05) is 5.32 Å². The van der Waals surface area contributed by atoms with Crippen molar-refractivity contribution in [3.8, 4) is 11.4 Å². The van der Waals surface area contributed by atoms with Gasteiger partial charge in [-0.05, 0) is 37.5 Å². The van der Waals surface area contributed by atoms with Crippen LogP contribution in [0.4, 0.5) is 10.1 Å². The van der Waals surface area contributed by atoms with Gasteiger partial charge in [0.05, 0.1) is 5.69 Å². The highest BCUT2D eigenvalue weighted by atomic mass is 19.1. The van der Waals surface area contributed by atoms with Crippen LogP contribution < -0.4 is 5.32 Å². The molecule has 0 saturated carbocycles. The van der Waals surface area contributed by atoms with Crippen LogP contribution in [0.3, 0.4) is 0 Å². The summed E-state index contributed by atoms with van der Waals surface area (Å²) in [6, 6.07) is 4.66. The number of hydrogen-bond acceptors (Lipinski definition) is 6.